The van der Waals surface area contributed by atoms with Gasteiger partial charge in [0.25, 0.3) is 0 Å². The van der Waals surface area contributed by atoms with Gasteiger partial charge in [0.05, 0.1) is 18.8 Å². The van der Waals surface area contributed by atoms with E-state index in [1.807, 2.05) is 0 Å². The molecule has 0 aromatic carbocycles. The Balaban J connectivity index is 5.19. The second kappa shape index (κ2) is 9.77. The van der Waals surface area contributed by atoms with Crippen LogP contribution in [0.4, 0.5) is 0 Å². The molecule has 0 aliphatic rings. The summed E-state index contributed by atoms with van der Waals surface area (Å²) in [5.74, 6) is 0. The molecule has 0 fully saturated rings. The van der Waals surface area contributed by atoms with E-state index in [2.05, 4.69) is 78.6 Å². The summed E-state index contributed by atoms with van der Waals surface area (Å²) in [5, 5.41) is 0. The summed E-state index contributed by atoms with van der Waals surface area (Å²) in [6.45, 7) is 28.1. The van der Waals surface area contributed by atoms with Crippen molar-refractivity contribution in [2.45, 2.75) is 97.2 Å². The molecule has 0 aliphatic heterocycles. The summed E-state index contributed by atoms with van der Waals surface area (Å²) in [5.41, 5.74) is 0. The fourth-order valence-electron chi connectivity index (χ4n) is 2.26. The Morgan fingerprint density at radius 3 is 1.28 bits per heavy atom. The highest BCUT2D eigenvalue weighted by Crippen LogP contribution is 2.21. The summed E-state index contributed by atoms with van der Waals surface area (Å²) < 4.78 is 25.4. The van der Waals surface area contributed by atoms with Crippen molar-refractivity contribution in [2.75, 3.05) is 13.2 Å². The average molecular weight is 425 g/mol. The first-order valence-electron chi connectivity index (χ1n) is 9.52. The van der Waals surface area contributed by atoms with Crippen LogP contribution in [0.25, 0.3) is 0 Å². The van der Waals surface area contributed by atoms with Gasteiger partial charge in [-0.1, -0.05) is 0 Å². The van der Waals surface area contributed by atoms with Gasteiger partial charge in [-0.25, -0.2) is 0 Å². The van der Waals surface area contributed by atoms with Crippen LogP contribution in [0.2, 0.25) is 78.6 Å². The monoisotopic (exact) mass is 424 g/mol. The van der Waals surface area contributed by atoms with Gasteiger partial charge in [0.1, 0.15) is 0 Å². The molecule has 0 saturated carbocycles. The van der Waals surface area contributed by atoms with Crippen molar-refractivity contribution in [3.05, 3.63) is 0 Å². The van der Waals surface area contributed by atoms with Crippen LogP contribution in [-0.4, -0.2) is 58.7 Å². The zero-order chi connectivity index (χ0) is 20.1. The molecule has 0 bridgehead atoms. The van der Waals surface area contributed by atoms with Crippen LogP contribution < -0.4 is 0 Å². The molecule has 0 N–H and O–H groups in total. The maximum absolute atomic E-state index is 6.53. The average Bonchev–Trinajstić information content (AvgIpc) is 2.27. The molecule has 0 aromatic rings. The molecule has 2 atom stereocenters. The first-order valence-corrected chi connectivity index (χ1v) is 23.1. The minimum atomic E-state index is -1.69. The maximum atomic E-state index is 6.53. The lowest BCUT2D eigenvalue weighted by Gasteiger charge is -2.37. The molecule has 4 nitrogen and oxygen atoms in total. The minimum Gasteiger partial charge on any atom is -0.418 e. The Morgan fingerprint density at radius 1 is 0.520 bits per heavy atom. The molecule has 152 valence electrons. The van der Waals surface area contributed by atoms with Crippen LogP contribution >= 0.6 is 0 Å². The molecule has 0 unspecified atom stereocenters. The van der Waals surface area contributed by atoms with E-state index in [-0.39, 0.29) is 12.2 Å². The highest BCUT2D eigenvalue weighted by atomic mass is 28.4. The molecular weight excluding hydrogens is 381 g/mol. The Labute approximate surface area is 161 Å². The van der Waals surface area contributed by atoms with Crippen molar-refractivity contribution in [2.24, 2.45) is 0 Å². The van der Waals surface area contributed by atoms with Crippen LogP contribution in [0.5, 0.6) is 0 Å². The third-order valence-electron chi connectivity index (χ3n) is 3.04. The Kier molecular flexibility index (Phi) is 10.0. The zero-order valence-corrected chi connectivity index (χ0v) is 22.9. The van der Waals surface area contributed by atoms with Crippen molar-refractivity contribution >= 4 is 33.3 Å². The van der Waals surface area contributed by atoms with Gasteiger partial charge in [0, 0.05) is 6.61 Å². The van der Waals surface area contributed by atoms with Gasteiger partial charge in [0.2, 0.25) is 0 Å². The highest BCUT2D eigenvalue weighted by Gasteiger charge is 2.33. The molecule has 0 aromatic heterocycles. The summed E-state index contributed by atoms with van der Waals surface area (Å²) in [4.78, 5) is 0. The van der Waals surface area contributed by atoms with Crippen molar-refractivity contribution in [1.82, 2.24) is 0 Å². The predicted octanol–water partition coefficient (Wildman–Crippen LogP) is 5.52. The van der Waals surface area contributed by atoms with Crippen molar-refractivity contribution < 1.29 is 17.7 Å². The van der Waals surface area contributed by atoms with Crippen molar-refractivity contribution in [3.8, 4) is 0 Å². The molecule has 25 heavy (non-hydrogen) atoms. The minimum absolute atomic E-state index is 0.00430. The number of hydrogen-bond donors (Lipinski definition) is 0. The van der Waals surface area contributed by atoms with Crippen molar-refractivity contribution in [1.29, 1.82) is 0 Å². The first-order chi connectivity index (χ1) is 10.9. The standard InChI is InChI=1S/C17H44O4Si4/c1-22(2,3)18-14-13-16(20-24(7,8)9)17(21-25(10,11)12)15-19-23(4,5)6/h16-17H,13-15H2,1-12H3/t16-,17+/m0/s1. The molecule has 0 heterocycles. The summed E-state index contributed by atoms with van der Waals surface area (Å²) >= 11 is 0. The molecule has 0 rings (SSSR count). The first kappa shape index (κ1) is 25.7. The van der Waals surface area contributed by atoms with Crippen LogP contribution in [-0.2, 0) is 17.7 Å². The van der Waals surface area contributed by atoms with Gasteiger partial charge in [-0.3, -0.25) is 0 Å². The molecule has 0 spiro atoms. The van der Waals surface area contributed by atoms with E-state index in [1.165, 1.54) is 0 Å². The van der Waals surface area contributed by atoms with Gasteiger partial charge in [0.15, 0.2) is 33.3 Å². The quantitative estimate of drug-likeness (QED) is 0.386. The third kappa shape index (κ3) is 16.6. The fourth-order valence-corrected chi connectivity index (χ4v) is 5.96. The van der Waals surface area contributed by atoms with Crippen LogP contribution in [0.3, 0.4) is 0 Å². The smallest absolute Gasteiger partial charge is 0.184 e. The van der Waals surface area contributed by atoms with E-state index in [1.54, 1.807) is 0 Å². The summed E-state index contributed by atoms with van der Waals surface area (Å²) in [6, 6.07) is 0. The molecule has 0 aliphatic carbocycles. The molecule has 0 amide bonds. The van der Waals surface area contributed by atoms with Gasteiger partial charge in [-0.05, 0) is 85.0 Å². The van der Waals surface area contributed by atoms with Crippen molar-refractivity contribution in [3.63, 3.8) is 0 Å². The molecular formula is C17H44O4Si4. The normalized spacial score (nSPS) is 16.8. The van der Waals surface area contributed by atoms with Crippen LogP contribution in [0.1, 0.15) is 6.42 Å². The van der Waals surface area contributed by atoms with Gasteiger partial charge < -0.3 is 17.7 Å². The predicted molar refractivity (Wildman–Crippen MR) is 120 cm³/mol. The lowest BCUT2D eigenvalue weighted by Crippen LogP contribution is -2.48. The van der Waals surface area contributed by atoms with E-state index in [0.717, 1.165) is 13.0 Å². The lowest BCUT2D eigenvalue weighted by molar-refractivity contribution is 0.00158. The number of rotatable bonds is 12. The Morgan fingerprint density at radius 2 is 0.920 bits per heavy atom. The Hall–Kier alpha value is 0.708. The van der Waals surface area contributed by atoms with Gasteiger partial charge in [-0.2, -0.15) is 0 Å². The largest absolute Gasteiger partial charge is 0.418 e. The van der Waals surface area contributed by atoms with Gasteiger partial charge in [-0.15, -0.1) is 0 Å². The zero-order valence-electron chi connectivity index (χ0n) is 18.9. The fraction of sp³-hybridized carbons (Fsp3) is 1.00. The molecule has 0 saturated heterocycles. The van der Waals surface area contributed by atoms with E-state index in [0.29, 0.717) is 6.61 Å². The number of hydrogen-bond acceptors (Lipinski definition) is 4. The molecule has 0 radical (unpaired) electrons. The third-order valence-corrected chi connectivity index (χ3v) is 7.17. The topological polar surface area (TPSA) is 36.9 Å². The second-order valence-electron chi connectivity index (χ2n) is 10.7. The summed E-state index contributed by atoms with van der Waals surface area (Å²) in [7, 11) is -6.48. The van der Waals surface area contributed by atoms with E-state index < -0.39 is 33.3 Å². The van der Waals surface area contributed by atoms with E-state index in [9.17, 15) is 0 Å². The van der Waals surface area contributed by atoms with E-state index in [4.69, 9.17) is 17.7 Å². The highest BCUT2D eigenvalue weighted by molar-refractivity contribution is 6.71. The lowest BCUT2D eigenvalue weighted by atomic mass is 10.1. The van der Waals surface area contributed by atoms with Crippen LogP contribution in [0.15, 0.2) is 0 Å². The Bertz CT molecular complexity index is 378. The SMILES string of the molecule is C[Si](C)(C)OCC[C@H](O[Si](C)(C)C)[C@@H](CO[Si](C)(C)C)O[Si](C)(C)C. The van der Waals surface area contributed by atoms with Gasteiger partial charge >= 0.3 is 0 Å². The van der Waals surface area contributed by atoms with Crippen LogP contribution in [0, 0.1) is 0 Å². The summed E-state index contributed by atoms with van der Waals surface area (Å²) in [6.07, 6.45) is 0.917. The molecule has 8 heteroatoms. The second-order valence-corrected chi connectivity index (χ2v) is 28.7. The maximum Gasteiger partial charge on any atom is 0.184 e. The van der Waals surface area contributed by atoms with E-state index >= 15 is 0 Å².